The van der Waals surface area contributed by atoms with Gasteiger partial charge in [0.05, 0.1) is 6.04 Å². The van der Waals surface area contributed by atoms with Crippen molar-refractivity contribution in [3.05, 3.63) is 30.1 Å². The first-order valence-corrected chi connectivity index (χ1v) is 9.15. The van der Waals surface area contributed by atoms with E-state index in [-0.39, 0.29) is 48.0 Å². The maximum Gasteiger partial charge on any atom is 0.239 e. The van der Waals surface area contributed by atoms with Crippen LogP contribution in [0.4, 0.5) is 10.1 Å². The summed E-state index contributed by atoms with van der Waals surface area (Å²) in [6.45, 7) is 9.75. The summed E-state index contributed by atoms with van der Waals surface area (Å²) in [7, 11) is 0. The summed E-state index contributed by atoms with van der Waals surface area (Å²) < 4.78 is 13.1. The van der Waals surface area contributed by atoms with E-state index in [0.717, 1.165) is 51.4 Å². The highest BCUT2D eigenvalue weighted by molar-refractivity contribution is 5.85. The molecule has 3 rings (SSSR count). The third kappa shape index (κ3) is 5.47. The van der Waals surface area contributed by atoms with Crippen molar-refractivity contribution >= 4 is 36.4 Å². The van der Waals surface area contributed by atoms with Crippen LogP contribution in [0.15, 0.2) is 24.3 Å². The lowest BCUT2D eigenvalue weighted by Crippen LogP contribution is -2.54. The Balaban J connectivity index is 0.00000182. The van der Waals surface area contributed by atoms with Gasteiger partial charge in [0.1, 0.15) is 5.82 Å². The molecule has 0 aromatic heterocycles. The molecule has 0 saturated carbocycles. The monoisotopic (exact) mass is 420 g/mol. The van der Waals surface area contributed by atoms with E-state index >= 15 is 0 Å². The van der Waals surface area contributed by atoms with Gasteiger partial charge in [0.15, 0.2) is 0 Å². The van der Waals surface area contributed by atoms with E-state index in [1.165, 1.54) is 12.1 Å². The maximum atomic E-state index is 13.1. The van der Waals surface area contributed by atoms with Gasteiger partial charge in [-0.15, -0.1) is 24.8 Å². The fourth-order valence-corrected chi connectivity index (χ4v) is 3.82. The SMILES string of the molecule is CC(C(=O)N1CCC(C)(CN)C1)N1CCN(c2ccc(F)cc2)CC1.Cl.Cl. The number of likely N-dealkylation sites (tertiary alicyclic amines) is 1. The smallest absolute Gasteiger partial charge is 0.239 e. The van der Waals surface area contributed by atoms with Crippen molar-refractivity contribution < 1.29 is 9.18 Å². The molecule has 2 aliphatic heterocycles. The maximum absolute atomic E-state index is 13.1. The molecule has 2 aliphatic rings. The van der Waals surface area contributed by atoms with E-state index in [0.29, 0.717) is 6.54 Å². The Bertz CT molecular complexity index is 610. The van der Waals surface area contributed by atoms with Crippen LogP contribution in [0.2, 0.25) is 0 Å². The summed E-state index contributed by atoms with van der Waals surface area (Å²) in [4.78, 5) is 19.3. The highest BCUT2D eigenvalue weighted by atomic mass is 35.5. The summed E-state index contributed by atoms with van der Waals surface area (Å²) >= 11 is 0. The van der Waals surface area contributed by atoms with Gasteiger partial charge in [-0.2, -0.15) is 0 Å². The van der Waals surface area contributed by atoms with Crippen LogP contribution < -0.4 is 10.6 Å². The number of carbonyl (C=O) groups excluding carboxylic acids is 1. The van der Waals surface area contributed by atoms with Crippen molar-refractivity contribution in [3.8, 4) is 0 Å². The number of hydrogen-bond donors (Lipinski definition) is 1. The fourth-order valence-electron chi connectivity index (χ4n) is 3.82. The third-order valence-corrected chi connectivity index (χ3v) is 5.77. The lowest BCUT2D eigenvalue weighted by molar-refractivity contribution is -0.135. The van der Waals surface area contributed by atoms with Crippen LogP contribution in [0.25, 0.3) is 0 Å². The zero-order valence-electron chi connectivity index (χ0n) is 16.1. The molecule has 2 fully saturated rings. The number of nitrogens with two attached hydrogens (primary N) is 1. The van der Waals surface area contributed by atoms with E-state index in [1.54, 1.807) is 0 Å². The molecule has 2 N–H and O–H groups in total. The Hall–Kier alpha value is -1.08. The zero-order chi connectivity index (χ0) is 18.0. The second kappa shape index (κ2) is 9.92. The molecular formula is C19H31Cl2FN4O. The largest absolute Gasteiger partial charge is 0.369 e. The zero-order valence-corrected chi connectivity index (χ0v) is 17.7. The van der Waals surface area contributed by atoms with Gasteiger partial charge in [-0.25, -0.2) is 4.39 Å². The van der Waals surface area contributed by atoms with Crippen molar-refractivity contribution in [2.45, 2.75) is 26.3 Å². The van der Waals surface area contributed by atoms with Gasteiger partial charge in [-0.3, -0.25) is 9.69 Å². The minimum absolute atomic E-state index is 0. The van der Waals surface area contributed by atoms with Gasteiger partial charge < -0.3 is 15.5 Å². The molecule has 27 heavy (non-hydrogen) atoms. The number of anilines is 1. The van der Waals surface area contributed by atoms with Crippen molar-refractivity contribution in [3.63, 3.8) is 0 Å². The minimum Gasteiger partial charge on any atom is -0.369 e. The van der Waals surface area contributed by atoms with Crippen LogP contribution in [-0.4, -0.2) is 67.6 Å². The molecule has 2 atom stereocenters. The number of halogens is 3. The van der Waals surface area contributed by atoms with Gasteiger partial charge in [0.25, 0.3) is 0 Å². The van der Waals surface area contributed by atoms with E-state index in [2.05, 4.69) is 16.7 Å². The molecule has 0 bridgehead atoms. The van der Waals surface area contributed by atoms with Crippen molar-refractivity contribution in [2.24, 2.45) is 11.1 Å². The quantitative estimate of drug-likeness (QED) is 0.811. The molecule has 1 aromatic carbocycles. The number of nitrogens with zero attached hydrogens (tertiary/aromatic N) is 3. The molecular weight excluding hydrogens is 390 g/mol. The number of benzene rings is 1. The Morgan fingerprint density at radius 3 is 2.26 bits per heavy atom. The lowest BCUT2D eigenvalue weighted by atomic mass is 9.90. The molecule has 154 valence electrons. The second-order valence-electron chi connectivity index (χ2n) is 7.70. The van der Waals surface area contributed by atoms with Crippen molar-refractivity contribution in [1.29, 1.82) is 0 Å². The molecule has 0 spiro atoms. The third-order valence-electron chi connectivity index (χ3n) is 5.77. The number of carbonyl (C=O) groups is 1. The van der Waals surface area contributed by atoms with Gasteiger partial charge >= 0.3 is 0 Å². The van der Waals surface area contributed by atoms with Gasteiger partial charge in [-0.1, -0.05) is 6.92 Å². The van der Waals surface area contributed by atoms with Gasteiger partial charge in [-0.05, 0) is 49.6 Å². The van der Waals surface area contributed by atoms with Crippen LogP contribution >= 0.6 is 24.8 Å². The second-order valence-corrected chi connectivity index (χ2v) is 7.70. The molecule has 5 nitrogen and oxygen atoms in total. The number of piperazine rings is 1. The first kappa shape index (κ1) is 24.0. The summed E-state index contributed by atoms with van der Waals surface area (Å²) in [6.07, 6.45) is 0.986. The number of amides is 1. The predicted octanol–water partition coefficient (Wildman–Crippen LogP) is 2.38. The Morgan fingerprint density at radius 1 is 1.15 bits per heavy atom. The Labute approximate surface area is 173 Å². The van der Waals surface area contributed by atoms with Crippen molar-refractivity contribution in [1.82, 2.24) is 9.80 Å². The topological polar surface area (TPSA) is 52.8 Å². The molecule has 2 saturated heterocycles. The average molecular weight is 421 g/mol. The first-order chi connectivity index (χ1) is 11.9. The first-order valence-electron chi connectivity index (χ1n) is 9.15. The molecule has 2 unspecified atom stereocenters. The van der Waals surface area contributed by atoms with Crippen LogP contribution in [0.1, 0.15) is 20.3 Å². The molecule has 2 heterocycles. The molecule has 1 aromatic rings. The normalized spacial score (nSPS) is 24.1. The van der Waals surface area contributed by atoms with Crippen LogP contribution in [0.3, 0.4) is 0 Å². The van der Waals surface area contributed by atoms with Crippen LogP contribution in [0.5, 0.6) is 0 Å². The molecule has 0 radical (unpaired) electrons. The van der Waals surface area contributed by atoms with Crippen LogP contribution in [-0.2, 0) is 4.79 Å². The molecule has 1 amide bonds. The standard InChI is InChI=1S/C19H29FN4O.2ClH/c1-15(18(25)24-8-7-19(2,13-21)14-24)22-9-11-23(12-10-22)17-5-3-16(20)4-6-17;;/h3-6,15H,7-14,21H2,1-2H3;2*1H. The number of rotatable bonds is 4. The summed E-state index contributed by atoms with van der Waals surface area (Å²) in [5.74, 6) is 0.00380. The van der Waals surface area contributed by atoms with E-state index in [1.807, 2.05) is 24.0 Å². The van der Waals surface area contributed by atoms with E-state index in [9.17, 15) is 9.18 Å². The van der Waals surface area contributed by atoms with Crippen molar-refractivity contribution in [2.75, 3.05) is 50.7 Å². The average Bonchev–Trinajstić information content (AvgIpc) is 3.04. The minimum atomic E-state index is -0.211. The highest BCUT2D eigenvalue weighted by Crippen LogP contribution is 2.29. The van der Waals surface area contributed by atoms with E-state index < -0.39 is 0 Å². The Morgan fingerprint density at radius 2 is 1.74 bits per heavy atom. The predicted molar refractivity (Wildman–Crippen MR) is 113 cm³/mol. The van der Waals surface area contributed by atoms with Crippen LogP contribution in [0, 0.1) is 11.2 Å². The van der Waals surface area contributed by atoms with Gasteiger partial charge in [0, 0.05) is 45.0 Å². The molecule has 8 heteroatoms. The summed E-state index contributed by atoms with van der Waals surface area (Å²) in [5.41, 5.74) is 6.96. The van der Waals surface area contributed by atoms with E-state index in [4.69, 9.17) is 5.73 Å². The fraction of sp³-hybridized carbons (Fsp3) is 0.632. The molecule has 0 aliphatic carbocycles. The van der Waals surface area contributed by atoms with Gasteiger partial charge in [0.2, 0.25) is 5.91 Å². The summed E-state index contributed by atoms with van der Waals surface area (Å²) in [5, 5.41) is 0. The summed E-state index contributed by atoms with van der Waals surface area (Å²) in [6, 6.07) is 6.52. The lowest BCUT2D eigenvalue weighted by Gasteiger charge is -2.39. The highest BCUT2D eigenvalue weighted by Gasteiger charge is 2.37. The number of hydrogen-bond acceptors (Lipinski definition) is 4. The Kier molecular flexibility index (Phi) is 8.80.